The van der Waals surface area contributed by atoms with Crippen LogP contribution in [0.25, 0.3) is 0 Å². The lowest BCUT2D eigenvalue weighted by Gasteiger charge is -2.04. The Hall–Kier alpha value is -0.860. The average molecular weight is 156 g/mol. The van der Waals surface area contributed by atoms with Gasteiger partial charge in [-0.25, -0.2) is 0 Å². The van der Waals surface area contributed by atoms with Crippen molar-refractivity contribution in [2.45, 2.75) is 32.6 Å². The van der Waals surface area contributed by atoms with Gasteiger partial charge in [0.05, 0.1) is 0 Å². The third-order valence-electron chi connectivity index (χ3n) is 1.54. The van der Waals surface area contributed by atoms with Crippen molar-refractivity contribution in [1.29, 1.82) is 0 Å². The van der Waals surface area contributed by atoms with Gasteiger partial charge < -0.3 is 5.73 Å². The maximum absolute atomic E-state index is 10.3. The lowest BCUT2D eigenvalue weighted by atomic mass is 10.00. The lowest BCUT2D eigenvalue weighted by Crippen LogP contribution is -2.13. The standard InChI is InChI=1S/C8H14NO2/c1-2-3-7(6-10)4-5-8(9)11/h7H,2-5H2,1H3,(H2,9,11). The van der Waals surface area contributed by atoms with E-state index < -0.39 is 0 Å². The summed E-state index contributed by atoms with van der Waals surface area (Å²) in [6, 6.07) is 0. The first-order chi connectivity index (χ1) is 5.20. The van der Waals surface area contributed by atoms with Crippen LogP contribution in [0, 0.1) is 5.92 Å². The minimum absolute atomic E-state index is 0.104. The van der Waals surface area contributed by atoms with Gasteiger partial charge in [-0.1, -0.05) is 13.3 Å². The Bertz CT molecular complexity index is 134. The van der Waals surface area contributed by atoms with E-state index in [1.165, 1.54) is 0 Å². The molecule has 1 amide bonds. The molecule has 0 aromatic heterocycles. The number of hydrogen-bond acceptors (Lipinski definition) is 2. The molecule has 1 radical (unpaired) electrons. The fourth-order valence-corrected chi connectivity index (χ4v) is 0.927. The minimum Gasteiger partial charge on any atom is -0.370 e. The zero-order valence-corrected chi connectivity index (χ0v) is 6.80. The van der Waals surface area contributed by atoms with Gasteiger partial charge in [0.2, 0.25) is 12.2 Å². The average Bonchev–Trinajstić information content (AvgIpc) is 1.97. The van der Waals surface area contributed by atoms with Crippen LogP contribution in [0.4, 0.5) is 0 Å². The predicted octanol–water partition coefficient (Wildman–Crippen LogP) is 0.778. The highest BCUT2D eigenvalue weighted by molar-refractivity contribution is 5.74. The quantitative estimate of drug-likeness (QED) is 0.617. The van der Waals surface area contributed by atoms with Gasteiger partial charge in [-0.05, 0) is 12.8 Å². The van der Waals surface area contributed by atoms with Gasteiger partial charge >= 0.3 is 0 Å². The van der Waals surface area contributed by atoms with Gasteiger partial charge in [0.15, 0.2) is 0 Å². The van der Waals surface area contributed by atoms with Crippen LogP contribution in [-0.2, 0) is 9.59 Å². The summed E-state index contributed by atoms with van der Waals surface area (Å²) >= 11 is 0. The highest BCUT2D eigenvalue weighted by Crippen LogP contribution is 2.09. The summed E-state index contributed by atoms with van der Waals surface area (Å²) in [6.45, 7) is 1.99. The van der Waals surface area contributed by atoms with E-state index in [4.69, 9.17) is 5.73 Å². The molecule has 0 bridgehead atoms. The number of carbonyl (C=O) groups excluding carboxylic acids is 2. The maximum Gasteiger partial charge on any atom is 0.217 e. The highest BCUT2D eigenvalue weighted by Gasteiger charge is 2.07. The number of hydrogen-bond donors (Lipinski definition) is 1. The molecule has 0 saturated heterocycles. The smallest absolute Gasteiger partial charge is 0.217 e. The lowest BCUT2D eigenvalue weighted by molar-refractivity contribution is -0.118. The predicted molar refractivity (Wildman–Crippen MR) is 42.5 cm³/mol. The van der Waals surface area contributed by atoms with E-state index in [1.807, 2.05) is 13.2 Å². The summed E-state index contributed by atoms with van der Waals surface area (Å²) in [5.74, 6) is -0.450. The molecule has 3 heteroatoms. The summed E-state index contributed by atoms with van der Waals surface area (Å²) < 4.78 is 0. The molecule has 0 aliphatic carbocycles. The number of nitrogens with two attached hydrogens (primary N) is 1. The second kappa shape index (κ2) is 5.89. The molecule has 0 saturated carbocycles. The van der Waals surface area contributed by atoms with E-state index in [9.17, 15) is 9.59 Å². The second-order valence-electron chi connectivity index (χ2n) is 2.61. The molecule has 0 rings (SSSR count). The Balaban J connectivity index is 3.51. The molecule has 0 heterocycles. The SMILES string of the molecule is CCCC([C]=O)CCC(N)=O. The van der Waals surface area contributed by atoms with Crippen LogP contribution in [0.5, 0.6) is 0 Å². The fourth-order valence-electron chi connectivity index (χ4n) is 0.927. The molecule has 0 aromatic carbocycles. The highest BCUT2D eigenvalue weighted by atomic mass is 16.1. The van der Waals surface area contributed by atoms with Crippen molar-refractivity contribution in [3.8, 4) is 0 Å². The molecule has 0 aromatic rings. The molecule has 0 aliphatic heterocycles. The van der Waals surface area contributed by atoms with E-state index in [1.54, 1.807) is 0 Å². The molecule has 2 N–H and O–H groups in total. The summed E-state index contributed by atoms with van der Waals surface area (Å²) in [6.07, 6.45) is 4.49. The van der Waals surface area contributed by atoms with Crippen molar-refractivity contribution >= 4 is 12.2 Å². The molecule has 3 nitrogen and oxygen atoms in total. The first-order valence-electron chi connectivity index (χ1n) is 3.86. The van der Waals surface area contributed by atoms with Gasteiger partial charge in [-0.2, -0.15) is 0 Å². The van der Waals surface area contributed by atoms with Crippen LogP contribution in [0.2, 0.25) is 0 Å². The van der Waals surface area contributed by atoms with Crippen LogP contribution in [0.15, 0.2) is 0 Å². The van der Waals surface area contributed by atoms with Crippen LogP contribution in [0.1, 0.15) is 32.6 Å². The van der Waals surface area contributed by atoms with Crippen molar-refractivity contribution < 1.29 is 9.59 Å². The molecule has 63 valence electrons. The van der Waals surface area contributed by atoms with Gasteiger partial charge in [0.1, 0.15) is 0 Å². The van der Waals surface area contributed by atoms with Crippen LogP contribution in [0.3, 0.4) is 0 Å². The van der Waals surface area contributed by atoms with Crippen molar-refractivity contribution in [3.05, 3.63) is 0 Å². The molecule has 11 heavy (non-hydrogen) atoms. The first kappa shape index (κ1) is 10.1. The minimum atomic E-state index is -0.346. The van der Waals surface area contributed by atoms with Crippen molar-refractivity contribution in [3.63, 3.8) is 0 Å². The van der Waals surface area contributed by atoms with Crippen molar-refractivity contribution in [2.24, 2.45) is 11.7 Å². The summed E-state index contributed by atoms with van der Waals surface area (Å²) in [4.78, 5) is 20.5. The zero-order valence-electron chi connectivity index (χ0n) is 6.80. The topological polar surface area (TPSA) is 60.2 Å². The van der Waals surface area contributed by atoms with E-state index in [0.29, 0.717) is 12.8 Å². The Morgan fingerprint density at radius 3 is 2.55 bits per heavy atom. The molecule has 1 atom stereocenters. The molecule has 0 aliphatic rings. The molecule has 1 unspecified atom stereocenters. The Morgan fingerprint density at radius 1 is 1.55 bits per heavy atom. The Kier molecular flexibility index (Phi) is 5.43. The normalized spacial score (nSPS) is 12.5. The maximum atomic E-state index is 10.3. The number of carbonyl (C=O) groups is 1. The number of primary amides is 1. The Morgan fingerprint density at radius 2 is 2.18 bits per heavy atom. The van der Waals surface area contributed by atoms with E-state index >= 15 is 0 Å². The fraction of sp³-hybridized carbons (Fsp3) is 0.750. The first-order valence-corrected chi connectivity index (χ1v) is 3.86. The van der Waals surface area contributed by atoms with E-state index in [2.05, 4.69) is 0 Å². The number of rotatable bonds is 6. The molecule has 0 fully saturated rings. The van der Waals surface area contributed by atoms with Crippen LogP contribution in [-0.4, -0.2) is 12.2 Å². The summed E-state index contributed by atoms with van der Waals surface area (Å²) in [5, 5.41) is 0. The third kappa shape index (κ3) is 5.58. The summed E-state index contributed by atoms with van der Waals surface area (Å²) in [7, 11) is 0. The molecular weight excluding hydrogens is 142 g/mol. The molecule has 0 spiro atoms. The van der Waals surface area contributed by atoms with E-state index in [-0.39, 0.29) is 11.8 Å². The largest absolute Gasteiger partial charge is 0.370 e. The summed E-state index contributed by atoms with van der Waals surface area (Å²) in [5.41, 5.74) is 4.92. The zero-order chi connectivity index (χ0) is 8.69. The third-order valence-corrected chi connectivity index (χ3v) is 1.54. The van der Waals surface area contributed by atoms with Crippen LogP contribution < -0.4 is 5.73 Å². The Labute approximate surface area is 67.0 Å². The van der Waals surface area contributed by atoms with Crippen molar-refractivity contribution in [1.82, 2.24) is 0 Å². The van der Waals surface area contributed by atoms with E-state index in [0.717, 1.165) is 12.8 Å². The van der Waals surface area contributed by atoms with Gasteiger partial charge in [0.25, 0.3) is 0 Å². The van der Waals surface area contributed by atoms with Crippen molar-refractivity contribution in [2.75, 3.05) is 0 Å². The van der Waals surface area contributed by atoms with Gasteiger partial charge in [0, 0.05) is 12.3 Å². The molecular formula is C8H14NO2. The van der Waals surface area contributed by atoms with Gasteiger partial charge in [-0.3, -0.25) is 9.59 Å². The van der Waals surface area contributed by atoms with Gasteiger partial charge in [-0.15, -0.1) is 0 Å². The van der Waals surface area contributed by atoms with Crippen LogP contribution >= 0.6 is 0 Å². The monoisotopic (exact) mass is 156 g/mol. The second-order valence-corrected chi connectivity index (χ2v) is 2.61. The number of amides is 1.